The Morgan fingerprint density at radius 3 is 2.35 bits per heavy atom. The van der Waals surface area contributed by atoms with Crippen LogP contribution in [-0.2, 0) is 10.0 Å². The number of halogens is 1. The van der Waals surface area contributed by atoms with Gasteiger partial charge in [0.2, 0.25) is 0 Å². The molecule has 0 aliphatic carbocycles. The molecule has 2 aromatic rings. The van der Waals surface area contributed by atoms with Gasteiger partial charge in [-0.05, 0) is 43.3 Å². The number of benzene rings is 2. The summed E-state index contributed by atoms with van der Waals surface area (Å²) in [7, 11) is -3.61. The Bertz CT molecular complexity index is 685. The first-order chi connectivity index (χ1) is 9.53. The summed E-state index contributed by atoms with van der Waals surface area (Å²) in [5.74, 6) is 0. The smallest absolute Gasteiger partial charge is 0.263 e. The standard InChI is InChI=1S/C14H15BrN2O2S/c1-2-16-13-5-3-4-6-14(13)20(18,19)17-12-9-7-11(15)8-10-12/h3-10,16-17H,2H2,1H3. The molecule has 0 bridgehead atoms. The first-order valence-corrected chi connectivity index (χ1v) is 8.42. The summed E-state index contributed by atoms with van der Waals surface area (Å²) in [5, 5.41) is 3.05. The van der Waals surface area contributed by atoms with Crippen LogP contribution in [0.2, 0.25) is 0 Å². The number of nitrogens with one attached hydrogen (secondary N) is 2. The van der Waals surface area contributed by atoms with Crippen LogP contribution < -0.4 is 10.0 Å². The molecule has 0 amide bonds. The van der Waals surface area contributed by atoms with E-state index in [1.807, 2.05) is 6.92 Å². The molecule has 106 valence electrons. The van der Waals surface area contributed by atoms with E-state index in [0.29, 0.717) is 17.9 Å². The molecule has 2 N–H and O–H groups in total. The molecule has 0 aromatic heterocycles. The van der Waals surface area contributed by atoms with Crippen LogP contribution >= 0.6 is 15.9 Å². The lowest BCUT2D eigenvalue weighted by atomic mass is 10.3. The van der Waals surface area contributed by atoms with E-state index in [1.165, 1.54) is 0 Å². The third-order valence-electron chi connectivity index (χ3n) is 2.64. The van der Waals surface area contributed by atoms with Crippen molar-refractivity contribution < 1.29 is 8.42 Å². The van der Waals surface area contributed by atoms with Gasteiger partial charge in [-0.2, -0.15) is 0 Å². The fraction of sp³-hybridized carbons (Fsp3) is 0.143. The minimum atomic E-state index is -3.61. The van der Waals surface area contributed by atoms with Gasteiger partial charge in [-0.3, -0.25) is 4.72 Å². The number of hydrogen-bond donors (Lipinski definition) is 2. The Kier molecular flexibility index (Phi) is 4.67. The molecule has 0 heterocycles. The first kappa shape index (κ1) is 14.9. The molecule has 0 fully saturated rings. The summed E-state index contributed by atoms with van der Waals surface area (Å²) in [4.78, 5) is 0.241. The number of para-hydroxylation sites is 1. The van der Waals surface area contributed by atoms with Crippen molar-refractivity contribution in [2.45, 2.75) is 11.8 Å². The van der Waals surface area contributed by atoms with Crippen molar-refractivity contribution in [3.8, 4) is 0 Å². The predicted molar refractivity (Wildman–Crippen MR) is 85.6 cm³/mol. The highest BCUT2D eigenvalue weighted by molar-refractivity contribution is 9.10. The van der Waals surface area contributed by atoms with Gasteiger partial charge in [0.15, 0.2) is 0 Å². The average molecular weight is 355 g/mol. The van der Waals surface area contributed by atoms with Gasteiger partial charge in [-0.25, -0.2) is 8.42 Å². The van der Waals surface area contributed by atoms with Crippen LogP contribution in [-0.4, -0.2) is 15.0 Å². The largest absolute Gasteiger partial charge is 0.384 e. The van der Waals surface area contributed by atoms with E-state index in [4.69, 9.17) is 0 Å². The maximum absolute atomic E-state index is 12.4. The molecular formula is C14H15BrN2O2S. The molecule has 0 spiro atoms. The maximum Gasteiger partial charge on any atom is 0.263 e. The molecule has 20 heavy (non-hydrogen) atoms. The molecular weight excluding hydrogens is 340 g/mol. The monoisotopic (exact) mass is 354 g/mol. The number of sulfonamides is 1. The van der Waals surface area contributed by atoms with Crippen LogP contribution in [0.1, 0.15) is 6.92 Å². The quantitative estimate of drug-likeness (QED) is 0.860. The van der Waals surface area contributed by atoms with E-state index in [9.17, 15) is 8.42 Å². The fourth-order valence-corrected chi connectivity index (χ4v) is 3.27. The van der Waals surface area contributed by atoms with Crippen LogP contribution in [0.4, 0.5) is 11.4 Å². The van der Waals surface area contributed by atoms with E-state index >= 15 is 0 Å². The minimum absolute atomic E-state index is 0.241. The van der Waals surface area contributed by atoms with Crippen molar-refractivity contribution in [2.75, 3.05) is 16.6 Å². The summed E-state index contributed by atoms with van der Waals surface area (Å²) < 4.78 is 28.3. The Labute approximate surface area is 127 Å². The molecule has 0 atom stereocenters. The van der Waals surface area contributed by atoms with E-state index in [-0.39, 0.29) is 4.90 Å². The second-order valence-corrected chi connectivity index (χ2v) is 6.71. The topological polar surface area (TPSA) is 58.2 Å². The van der Waals surface area contributed by atoms with Gasteiger partial charge in [-0.1, -0.05) is 28.1 Å². The van der Waals surface area contributed by atoms with Gasteiger partial charge in [-0.15, -0.1) is 0 Å². The average Bonchev–Trinajstić information content (AvgIpc) is 2.42. The SMILES string of the molecule is CCNc1ccccc1S(=O)(=O)Nc1ccc(Br)cc1. The van der Waals surface area contributed by atoms with Crippen molar-refractivity contribution in [2.24, 2.45) is 0 Å². The van der Waals surface area contributed by atoms with Crippen molar-refractivity contribution in [1.29, 1.82) is 0 Å². The van der Waals surface area contributed by atoms with Gasteiger partial charge in [0.05, 0.1) is 5.69 Å². The second-order valence-electron chi connectivity index (χ2n) is 4.14. The van der Waals surface area contributed by atoms with Crippen LogP contribution in [0.5, 0.6) is 0 Å². The van der Waals surface area contributed by atoms with Crippen molar-refractivity contribution >= 4 is 37.3 Å². The molecule has 0 radical (unpaired) electrons. The maximum atomic E-state index is 12.4. The normalized spacial score (nSPS) is 11.1. The van der Waals surface area contributed by atoms with Gasteiger partial charge < -0.3 is 5.32 Å². The Morgan fingerprint density at radius 1 is 1.05 bits per heavy atom. The lowest BCUT2D eigenvalue weighted by molar-refractivity contribution is 0.601. The van der Waals surface area contributed by atoms with Crippen LogP contribution in [0.15, 0.2) is 57.9 Å². The van der Waals surface area contributed by atoms with Gasteiger partial charge in [0.1, 0.15) is 4.90 Å². The first-order valence-electron chi connectivity index (χ1n) is 6.14. The van der Waals surface area contributed by atoms with E-state index in [2.05, 4.69) is 26.0 Å². The summed E-state index contributed by atoms with van der Waals surface area (Å²) >= 11 is 3.31. The van der Waals surface area contributed by atoms with Gasteiger partial charge in [0, 0.05) is 16.7 Å². The highest BCUT2D eigenvalue weighted by atomic mass is 79.9. The van der Waals surface area contributed by atoms with E-state index < -0.39 is 10.0 Å². The molecule has 0 unspecified atom stereocenters. The van der Waals surface area contributed by atoms with Crippen LogP contribution in [0.25, 0.3) is 0 Å². The molecule has 0 aliphatic rings. The van der Waals surface area contributed by atoms with Gasteiger partial charge >= 0.3 is 0 Å². The number of anilines is 2. The lowest BCUT2D eigenvalue weighted by Gasteiger charge is -2.13. The fourth-order valence-electron chi connectivity index (χ4n) is 1.77. The van der Waals surface area contributed by atoms with Crippen molar-refractivity contribution in [3.05, 3.63) is 53.0 Å². The molecule has 6 heteroatoms. The Morgan fingerprint density at radius 2 is 1.70 bits per heavy atom. The van der Waals surface area contributed by atoms with Crippen molar-refractivity contribution in [1.82, 2.24) is 0 Å². The highest BCUT2D eigenvalue weighted by Crippen LogP contribution is 2.24. The van der Waals surface area contributed by atoms with E-state index in [0.717, 1.165) is 4.47 Å². The van der Waals surface area contributed by atoms with Crippen molar-refractivity contribution in [3.63, 3.8) is 0 Å². The zero-order valence-electron chi connectivity index (χ0n) is 10.9. The number of hydrogen-bond acceptors (Lipinski definition) is 3. The summed E-state index contributed by atoms with van der Waals surface area (Å²) in [6.45, 7) is 2.58. The number of rotatable bonds is 5. The molecule has 4 nitrogen and oxygen atoms in total. The van der Waals surface area contributed by atoms with Crippen LogP contribution in [0, 0.1) is 0 Å². The second kappa shape index (κ2) is 6.28. The van der Waals surface area contributed by atoms with E-state index in [1.54, 1.807) is 48.5 Å². The Hall–Kier alpha value is -1.53. The zero-order chi connectivity index (χ0) is 14.6. The predicted octanol–water partition coefficient (Wildman–Crippen LogP) is 3.68. The third kappa shape index (κ3) is 3.52. The molecule has 2 rings (SSSR count). The zero-order valence-corrected chi connectivity index (χ0v) is 13.3. The molecule has 0 saturated carbocycles. The van der Waals surface area contributed by atoms with Gasteiger partial charge in [0.25, 0.3) is 10.0 Å². The lowest BCUT2D eigenvalue weighted by Crippen LogP contribution is -2.15. The Balaban J connectivity index is 2.33. The summed E-state index contributed by atoms with van der Waals surface area (Å²) in [6, 6.07) is 13.8. The highest BCUT2D eigenvalue weighted by Gasteiger charge is 2.17. The summed E-state index contributed by atoms with van der Waals surface area (Å²) in [6.07, 6.45) is 0. The minimum Gasteiger partial charge on any atom is -0.384 e. The molecule has 0 aliphatic heterocycles. The van der Waals surface area contributed by atoms with Crippen LogP contribution in [0.3, 0.4) is 0 Å². The summed E-state index contributed by atoms with van der Waals surface area (Å²) in [5.41, 5.74) is 1.12. The molecule has 2 aromatic carbocycles. The molecule has 0 saturated heterocycles. The third-order valence-corrected chi connectivity index (χ3v) is 4.61.